The van der Waals surface area contributed by atoms with Crippen molar-refractivity contribution in [3.63, 3.8) is 0 Å². The number of amides is 1. The van der Waals surface area contributed by atoms with Gasteiger partial charge in [-0.05, 0) is 30.4 Å². The van der Waals surface area contributed by atoms with Gasteiger partial charge in [-0.15, -0.1) is 0 Å². The number of hydrogen-bond acceptors (Lipinski definition) is 2. The molecule has 2 atom stereocenters. The van der Waals surface area contributed by atoms with Crippen LogP contribution in [0, 0.1) is 5.92 Å². The lowest BCUT2D eigenvalue weighted by molar-refractivity contribution is -0.122. The molecule has 0 spiro atoms. The first kappa shape index (κ1) is 12.5. The largest absolute Gasteiger partial charge is 0.373 e. The average Bonchev–Trinajstić information content (AvgIpc) is 3.13. The molecule has 0 aromatic heterocycles. The van der Waals surface area contributed by atoms with E-state index in [1.807, 2.05) is 18.2 Å². The highest BCUT2D eigenvalue weighted by molar-refractivity contribution is 5.87. The van der Waals surface area contributed by atoms with Gasteiger partial charge in [0.15, 0.2) is 0 Å². The van der Waals surface area contributed by atoms with Gasteiger partial charge in [-0.2, -0.15) is 0 Å². The van der Waals surface area contributed by atoms with Crippen molar-refractivity contribution in [3.8, 4) is 0 Å². The molecule has 1 heterocycles. The molecule has 2 unspecified atom stereocenters. The zero-order valence-electron chi connectivity index (χ0n) is 11.5. The van der Waals surface area contributed by atoms with E-state index in [1.165, 1.54) is 18.4 Å². The number of anilines is 1. The fraction of sp³-hybridized carbons (Fsp3) is 0.562. The van der Waals surface area contributed by atoms with E-state index in [1.54, 1.807) is 0 Å². The zero-order chi connectivity index (χ0) is 13.2. The standard InChI is InChI=1S/C16H22N2O/c1-2-13(9-11-7-8-11)17-16(19)15-10-12-5-3-4-6-14(12)18-15/h3-6,11,13,15,18H,2,7-10H2,1H3,(H,17,19). The molecule has 1 fully saturated rings. The summed E-state index contributed by atoms with van der Waals surface area (Å²) in [6.07, 6.45) is 5.69. The number of fused-ring (bicyclic) bond motifs is 1. The second-order valence-corrected chi connectivity index (χ2v) is 5.85. The van der Waals surface area contributed by atoms with E-state index >= 15 is 0 Å². The van der Waals surface area contributed by atoms with Crippen LogP contribution in [0.5, 0.6) is 0 Å². The zero-order valence-corrected chi connectivity index (χ0v) is 11.5. The summed E-state index contributed by atoms with van der Waals surface area (Å²) in [6.45, 7) is 2.16. The minimum absolute atomic E-state index is 0.0920. The Kier molecular flexibility index (Phi) is 3.45. The fourth-order valence-electron chi connectivity index (χ4n) is 2.84. The molecule has 102 valence electrons. The van der Waals surface area contributed by atoms with Gasteiger partial charge in [0.1, 0.15) is 6.04 Å². The molecular weight excluding hydrogens is 236 g/mol. The summed E-state index contributed by atoms with van der Waals surface area (Å²) in [5.41, 5.74) is 2.36. The summed E-state index contributed by atoms with van der Waals surface area (Å²) >= 11 is 0. The van der Waals surface area contributed by atoms with Gasteiger partial charge >= 0.3 is 0 Å². The van der Waals surface area contributed by atoms with Crippen LogP contribution >= 0.6 is 0 Å². The van der Waals surface area contributed by atoms with Gasteiger partial charge < -0.3 is 10.6 Å². The molecule has 0 radical (unpaired) electrons. The van der Waals surface area contributed by atoms with E-state index in [9.17, 15) is 4.79 Å². The van der Waals surface area contributed by atoms with Crippen molar-refractivity contribution in [2.24, 2.45) is 5.92 Å². The van der Waals surface area contributed by atoms with Crippen LogP contribution in [0.15, 0.2) is 24.3 Å². The minimum atomic E-state index is -0.0920. The lowest BCUT2D eigenvalue weighted by Crippen LogP contribution is -2.43. The van der Waals surface area contributed by atoms with Crippen molar-refractivity contribution in [2.45, 2.75) is 51.1 Å². The quantitative estimate of drug-likeness (QED) is 0.852. The van der Waals surface area contributed by atoms with Crippen LogP contribution in [-0.2, 0) is 11.2 Å². The van der Waals surface area contributed by atoms with Gasteiger partial charge in [0.25, 0.3) is 0 Å². The van der Waals surface area contributed by atoms with Gasteiger partial charge in [-0.3, -0.25) is 4.79 Å². The van der Waals surface area contributed by atoms with E-state index in [2.05, 4.69) is 23.6 Å². The van der Waals surface area contributed by atoms with E-state index < -0.39 is 0 Å². The third-order valence-corrected chi connectivity index (χ3v) is 4.24. The molecule has 3 rings (SSSR count). The maximum Gasteiger partial charge on any atom is 0.243 e. The van der Waals surface area contributed by atoms with Gasteiger partial charge in [0.2, 0.25) is 5.91 Å². The molecule has 0 saturated heterocycles. The smallest absolute Gasteiger partial charge is 0.243 e. The van der Waals surface area contributed by atoms with Gasteiger partial charge in [-0.1, -0.05) is 38.0 Å². The van der Waals surface area contributed by atoms with Crippen LogP contribution < -0.4 is 10.6 Å². The van der Waals surface area contributed by atoms with Crippen molar-refractivity contribution in [1.82, 2.24) is 5.32 Å². The Bertz CT molecular complexity index is 443. The van der Waals surface area contributed by atoms with Crippen molar-refractivity contribution >= 4 is 11.6 Å². The van der Waals surface area contributed by atoms with Crippen LogP contribution in [0.1, 0.15) is 38.2 Å². The number of para-hydroxylation sites is 1. The first-order valence-electron chi connectivity index (χ1n) is 7.41. The fourth-order valence-corrected chi connectivity index (χ4v) is 2.84. The highest BCUT2D eigenvalue weighted by atomic mass is 16.2. The Hall–Kier alpha value is -1.51. The van der Waals surface area contributed by atoms with E-state index in [-0.39, 0.29) is 11.9 Å². The SMILES string of the molecule is CCC(CC1CC1)NC(=O)C1Cc2ccccc2N1. The molecule has 1 aromatic carbocycles. The highest BCUT2D eigenvalue weighted by Gasteiger charge is 2.30. The summed E-state index contributed by atoms with van der Waals surface area (Å²) in [5, 5.41) is 6.53. The molecule has 1 aliphatic heterocycles. The summed E-state index contributed by atoms with van der Waals surface area (Å²) < 4.78 is 0. The van der Waals surface area contributed by atoms with Crippen LogP contribution in [0.4, 0.5) is 5.69 Å². The maximum absolute atomic E-state index is 12.3. The van der Waals surface area contributed by atoms with Crippen LogP contribution in [0.2, 0.25) is 0 Å². The molecular formula is C16H22N2O. The molecule has 0 bridgehead atoms. The van der Waals surface area contributed by atoms with E-state index in [0.29, 0.717) is 6.04 Å². The molecule has 2 N–H and O–H groups in total. The number of carbonyl (C=O) groups is 1. The number of carbonyl (C=O) groups excluding carboxylic acids is 1. The number of hydrogen-bond donors (Lipinski definition) is 2. The van der Waals surface area contributed by atoms with Crippen LogP contribution in [0.25, 0.3) is 0 Å². The van der Waals surface area contributed by atoms with Gasteiger partial charge in [-0.25, -0.2) is 0 Å². The maximum atomic E-state index is 12.3. The molecule has 1 aromatic rings. The third kappa shape index (κ3) is 2.91. The third-order valence-electron chi connectivity index (χ3n) is 4.24. The van der Waals surface area contributed by atoms with Crippen LogP contribution in [-0.4, -0.2) is 18.0 Å². The highest BCUT2D eigenvalue weighted by Crippen LogP contribution is 2.34. The van der Waals surface area contributed by atoms with Crippen molar-refractivity contribution in [2.75, 3.05) is 5.32 Å². The summed E-state index contributed by atoms with van der Waals surface area (Å²) in [4.78, 5) is 12.3. The number of nitrogens with one attached hydrogen (secondary N) is 2. The van der Waals surface area contributed by atoms with Crippen molar-refractivity contribution < 1.29 is 4.79 Å². The second-order valence-electron chi connectivity index (χ2n) is 5.85. The predicted molar refractivity (Wildman–Crippen MR) is 77.1 cm³/mol. The Morgan fingerprint density at radius 3 is 2.89 bits per heavy atom. The molecule has 3 heteroatoms. The van der Waals surface area contributed by atoms with Gasteiger partial charge in [0.05, 0.1) is 0 Å². The van der Waals surface area contributed by atoms with Crippen molar-refractivity contribution in [3.05, 3.63) is 29.8 Å². The summed E-state index contributed by atoms with van der Waals surface area (Å²) in [7, 11) is 0. The number of benzene rings is 1. The summed E-state index contributed by atoms with van der Waals surface area (Å²) in [6, 6.07) is 8.44. The normalized spacial score (nSPS) is 22.5. The topological polar surface area (TPSA) is 41.1 Å². The second kappa shape index (κ2) is 5.24. The molecule has 1 aliphatic carbocycles. The first-order valence-corrected chi connectivity index (χ1v) is 7.41. The Labute approximate surface area is 114 Å². The van der Waals surface area contributed by atoms with Crippen LogP contribution in [0.3, 0.4) is 0 Å². The molecule has 19 heavy (non-hydrogen) atoms. The minimum Gasteiger partial charge on any atom is -0.373 e. The Morgan fingerprint density at radius 2 is 2.21 bits per heavy atom. The summed E-state index contributed by atoms with van der Waals surface area (Å²) in [5.74, 6) is 1.02. The molecule has 1 amide bonds. The lowest BCUT2D eigenvalue weighted by atomic mass is 10.1. The Balaban J connectivity index is 1.56. The lowest BCUT2D eigenvalue weighted by Gasteiger charge is -2.19. The van der Waals surface area contributed by atoms with Crippen molar-refractivity contribution in [1.29, 1.82) is 0 Å². The Morgan fingerprint density at radius 1 is 1.42 bits per heavy atom. The van der Waals surface area contributed by atoms with Gasteiger partial charge in [0, 0.05) is 18.2 Å². The van der Waals surface area contributed by atoms with E-state index in [4.69, 9.17) is 0 Å². The molecule has 3 nitrogen and oxygen atoms in total. The van der Waals surface area contributed by atoms with E-state index in [0.717, 1.165) is 30.9 Å². The first-order chi connectivity index (χ1) is 9.26. The monoisotopic (exact) mass is 258 g/mol. The number of rotatable bonds is 5. The average molecular weight is 258 g/mol. The molecule has 2 aliphatic rings. The molecule has 1 saturated carbocycles. The predicted octanol–water partition coefficient (Wildman–Crippen LogP) is 2.72.